The number of hydrogen-bond donors (Lipinski definition) is 0. The minimum atomic E-state index is -0.907. The van der Waals surface area contributed by atoms with Crippen molar-refractivity contribution in [3.05, 3.63) is 156 Å². The van der Waals surface area contributed by atoms with E-state index in [1.807, 2.05) is 97.2 Å². The van der Waals surface area contributed by atoms with Crippen LogP contribution in [-0.2, 0) is 15.0 Å². The molecule has 0 spiro atoms. The molecule has 1 saturated heterocycles. The molecular formula is C39H26N2O2. The van der Waals surface area contributed by atoms with E-state index in [1.54, 1.807) is 0 Å². The molecule has 6 aromatic carbocycles. The fourth-order valence-corrected chi connectivity index (χ4v) is 8.18. The van der Waals surface area contributed by atoms with Gasteiger partial charge in [-0.2, -0.15) is 0 Å². The van der Waals surface area contributed by atoms with E-state index in [4.69, 9.17) is 4.99 Å². The quantitative estimate of drug-likeness (QED) is 0.165. The van der Waals surface area contributed by atoms with Gasteiger partial charge in [-0.1, -0.05) is 121 Å². The second kappa shape index (κ2) is 8.83. The van der Waals surface area contributed by atoms with Gasteiger partial charge in [-0.05, 0) is 45.2 Å². The Labute approximate surface area is 248 Å². The van der Waals surface area contributed by atoms with Gasteiger partial charge in [0.2, 0.25) is 11.8 Å². The molecule has 0 N–H and O–H groups in total. The van der Waals surface area contributed by atoms with Gasteiger partial charge in [0, 0.05) is 22.9 Å². The van der Waals surface area contributed by atoms with Gasteiger partial charge in [-0.15, -0.1) is 0 Å². The van der Waals surface area contributed by atoms with Crippen molar-refractivity contribution < 1.29 is 9.59 Å². The van der Waals surface area contributed by atoms with Crippen LogP contribution in [0.3, 0.4) is 0 Å². The highest BCUT2D eigenvalue weighted by molar-refractivity contribution is 6.27. The van der Waals surface area contributed by atoms with Crippen LogP contribution < -0.4 is 4.90 Å². The van der Waals surface area contributed by atoms with E-state index in [-0.39, 0.29) is 17.7 Å². The summed E-state index contributed by atoms with van der Waals surface area (Å²) in [4.78, 5) is 36.2. The highest BCUT2D eigenvalue weighted by atomic mass is 16.2. The van der Waals surface area contributed by atoms with Crippen molar-refractivity contribution in [2.45, 2.75) is 11.3 Å². The smallest absolute Gasteiger partial charge is 0.239 e. The molecule has 1 heterocycles. The maximum Gasteiger partial charge on any atom is 0.239 e. The first-order chi connectivity index (χ1) is 21.2. The zero-order valence-electron chi connectivity index (χ0n) is 23.2. The molecule has 0 saturated carbocycles. The van der Waals surface area contributed by atoms with Gasteiger partial charge in [0.25, 0.3) is 0 Å². The van der Waals surface area contributed by atoms with Crippen LogP contribution in [0, 0.1) is 11.8 Å². The number of benzene rings is 6. The van der Waals surface area contributed by atoms with Gasteiger partial charge in [0.1, 0.15) is 0 Å². The Morgan fingerprint density at radius 2 is 1.14 bits per heavy atom. The van der Waals surface area contributed by atoms with E-state index in [0.717, 1.165) is 49.5 Å². The van der Waals surface area contributed by atoms with Gasteiger partial charge >= 0.3 is 0 Å². The lowest BCUT2D eigenvalue weighted by atomic mass is 9.47. The molecule has 4 aliphatic rings. The molecule has 2 bridgehead atoms. The fourth-order valence-electron chi connectivity index (χ4n) is 8.18. The first-order valence-electron chi connectivity index (χ1n) is 14.8. The molecule has 4 nitrogen and oxygen atoms in total. The third kappa shape index (κ3) is 3.13. The Morgan fingerprint density at radius 3 is 1.86 bits per heavy atom. The van der Waals surface area contributed by atoms with Crippen LogP contribution >= 0.6 is 0 Å². The number of imide groups is 1. The fraction of sp³-hybridized carbons (Fsp3) is 0.103. The highest BCUT2D eigenvalue weighted by Gasteiger charge is 2.68. The van der Waals surface area contributed by atoms with Crippen LogP contribution in [0.5, 0.6) is 0 Å². The molecule has 0 aromatic heterocycles. The van der Waals surface area contributed by atoms with Crippen LogP contribution in [0.1, 0.15) is 28.2 Å². The number of amides is 2. The van der Waals surface area contributed by atoms with E-state index in [9.17, 15) is 9.59 Å². The van der Waals surface area contributed by atoms with Crippen LogP contribution in [0.4, 0.5) is 11.4 Å². The van der Waals surface area contributed by atoms with Crippen LogP contribution in [-0.4, -0.2) is 18.0 Å². The number of nitrogens with zero attached hydrogens (tertiary/aromatic N) is 2. The average molecular weight is 555 g/mol. The summed E-state index contributed by atoms with van der Waals surface area (Å²) < 4.78 is 0. The zero-order chi connectivity index (χ0) is 28.7. The van der Waals surface area contributed by atoms with Gasteiger partial charge in [0.05, 0.1) is 28.6 Å². The molecule has 1 fully saturated rings. The second-order valence-electron chi connectivity index (χ2n) is 11.8. The minimum Gasteiger partial charge on any atom is -0.274 e. The summed E-state index contributed by atoms with van der Waals surface area (Å²) in [7, 11) is 0. The predicted octanol–water partition coefficient (Wildman–Crippen LogP) is 7.95. The topological polar surface area (TPSA) is 49.7 Å². The summed E-state index contributed by atoms with van der Waals surface area (Å²) >= 11 is 0. The van der Waals surface area contributed by atoms with Crippen molar-refractivity contribution in [1.29, 1.82) is 0 Å². The third-order valence-corrected chi connectivity index (χ3v) is 9.87. The molecule has 2 atom stereocenters. The van der Waals surface area contributed by atoms with Crippen LogP contribution in [0.15, 0.2) is 138 Å². The van der Waals surface area contributed by atoms with Gasteiger partial charge < -0.3 is 0 Å². The van der Waals surface area contributed by atoms with E-state index >= 15 is 0 Å². The molecule has 0 radical (unpaired) electrons. The lowest BCUT2D eigenvalue weighted by Crippen LogP contribution is -2.54. The predicted molar refractivity (Wildman–Crippen MR) is 171 cm³/mol. The molecule has 4 heteroatoms. The van der Waals surface area contributed by atoms with Gasteiger partial charge in [0.15, 0.2) is 0 Å². The standard InChI is InChI=1S/C39H26N2O2/c42-37-35-34-28-17-5-7-19-30(28)39(31-20-8-6-18-29(31)34,23-40-32-21-9-13-24-11-1-3-15-26(24)32)36(35)38(43)41(37)33-22-10-14-25-12-2-4-16-27(25)33/h1-23,34-36H/t34?,35-,36-,39?/m1/s1. The molecule has 10 rings (SSSR count). The molecule has 1 aliphatic heterocycles. The molecular weight excluding hydrogens is 528 g/mol. The lowest BCUT2D eigenvalue weighted by Gasteiger charge is -2.52. The van der Waals surface area contributed by atoms with Crippen molar-refractivity contribution in [2.75, 3.05) is 4.90 Å². The minimum absolute atomic E-state index is 0.136. The SMILES string of the molecule is O=C1[C@@H]2C3c4ccccc4C(C=Nc4cccc5ccccc45)(c4ccccc43)[C@H]2C(=O)N1c1cccc2ccccc12. The normalized spacial score (nSPS) is 23.6. The van der Waals surface area contributed by atoms with Crippen LogP contribution in [0.25, 0.3) is 21.5 Å². The number of hydrogen-bond acceptors (Lipinski definition) is 3. The lowest BCUT2D eigenvalue weighted by molar-refractivity contribution is -0.122. The van der Waals surface area contributed by atoms with Crippen LogP contribution in [0.2, 0.25) is 0 Å². The van der Waals surface area contributed by atoms with Gasteiger partial charge in [-0.25, -0.2) is 4.90 Å². The number of rotatable bonds is 3. The summed E-state index contributed by atoms with van der Waals surface area (Å²) in [6, 6.07) is 44.8. The molecule has 6 aromatic rings. The molecule has 3 aliphatic carbocycles. The average Bonchev–Trinajstić information content (AvgIpc) is 3.33. The summed E-state index contributed by atoms with van der Waals surface area (Å²) in [5, 5.41) is 4.05. The van der Waals surface area contributed by atoms with Crippen molar-refractivity contribution in [3.63, 3.8) is 0 Å². The summed E-state index contributed by atoms with van der Waals surface area (Å²) in [6.07, 6.45) is 1.98. The van der Waals surface area contributed by atoms with Crippen molar-refractivity contribution in [3.8, 4) is 0 Å². The Hall–Kier alpha value is -5.35. The maximum absolute atomic E-state index is 14.9. The largest absolute Gasteiger partial charge is 0.274 e. The third-order valence-electron chi connectivity index (χ3n) is 9.87. The van der Waals surface area contributed by atoms with E-state index in [0.29, 0.717) is 5.69 Å². The Morgan fingerprint density at radius 1 is 0.581 bits per heavy atom. The summed E-state index contributed by atoms with van der Waals surface area (Å²) in [6.45, 7) is 0. The molecule has 204 valence electrons. The molecule has 0 unspecified atom stereocenters. The van der Waals surface area contributed by atoms with Crippen molar-refractivity contribution in [1.82, 2.24) is 0 Å². The molecule has 43 heavy (non-hydrogen) atoms. The van der Waals surface area contributed by atoms with Gasteiger partial charge in [-0.3, -0.25) is 14.6 Å². The Balaban J connectivity index is 1.32. The van der Waals surface area contributed by atoms with E-state index in [1.165, 1.54) is 4.90 Å². The van der Waals surface area contributed by atoms with E-state index < -0.39 is 17.3 Å². The summed E-state index contributed by atoms with van der Waals surface area (Å²) in [5.41, 5.74) is 4.91. The van der Waals surface area contributed by atoms with E-state index in [2.05, 4.69) is 42.5 Å². The Bertz CT molecular complexity index is 2120. The van der Waals surface area contributed by atoms with Crippen molar-refractivity contribution >= 4 is 50.9 Å². The second-order valence-corrected chi connectivity index (χ2v) is 11.8. The maximum atomic E-state index is 14.9. The first kappa shape index (κ1) is 24.3. The molecule has 2 amide bonds. The number of aliphatic imine (C=N–C) groups is 1. The Kier molecular flexibility index (Phi) is 4.98. The number of fused-ring (bicyclic) bond motifs is 2. The number of carbonyl (C=O) groups is 2. The first-order valence-corrected chi connectivity index (χ1v) is 14.8. The summed E-state index contributed by atoms with van der Waals surface area (Å²) in [5.74, 6) is -1.66. The highest BCUT2D eigenvalue weighted by Crippen LogP contribution is 2.64. The zero-order valence-corrected chi connectivity index (χ0v) is 23.2. The number of anilines is 1. The van der Waals surface area contributed by atoms with Crippen molar-refractivity contribution in [2.24, 2.45) is 16.8 Å². The number of carbonyl (C=O) groups excluding carboxylic acids is 2. The monoisotopic (exact) mass is 554 g/mol.